The van der Waals surface area contributed by atoms with Gasteiger partial charge in [-0.3, -0.25) is 4.79 Å². The van der Waals surface area contributed by atoms with Crippen LogP contribution in [0.15, 0.2) is 29.3 Å². The molecule has 30 heavy (non-hydrogen) atoms. The summed E-state index contributed by atoms with van der Waals surface area (Å²) in [6.45, 7) is 4.81. The molecule has 0 aliphatic carbocycles. The molecule has 3 N–H and O–H groups in total. The Labute approximate surface area is 180 Å². The highest BCUT2D eigenvalue weighted by Gasteiger charge is 2.46. The largest absolute Gasteiger partial charge is 0.489 e. The van der Waals surface area contributed by atoms with Gasteiger partial charge in [0.1, 0.15) is 10.7 Å². The molecule has 1 saturated heterocycles. The van der Waals surface area contributed by atoms with Crippen molar-refractivity contribution in [1.82, 2.24) is 14.6 Å². The maximum Gasteiger partial charge on any atom is 0.276 e. The fourth-order valence-corrected chi connectivity index (χ4v) is 5.53. The van der Waals surface area contributed by atoms with E-state index >= 15 is 0 Å². The van der Waals surface area contributed by atoms with Gasteiger partial charge in [-0.2, -0.15) is 0 Å². The minimum Gasteiger partial charge on any atom is -0.489 e. The molecule has 0 bridgehead atoms. The zero-order valence-electron chi connectivity index (χ0n) is 16.8. The molecule has 1 fully saturated rings. The van der Waals surface area contributed by atoms with Gasteiger partial charge in [0.05, 0.1) is 6.61 Å². The summed E-state index contributed by atoms with van der Waals surface area (Å²) in [6, 6.07) is 4.22. The third-order valence-electron chi connectivity index (χ3n) is 5.60. The van der Waals surface area contributed by atoms with E-state index in [-0.39, 0.29) is 47.1 Å². The lowest BCUT2D eigenvalue weighted by molar-refractivity contribution is 0.101. The van der Waals surface area contributed by atoms with Crippen molar-refractivity contribution in [2.45, 2.75) is 24.3 Å². The molecule has 1 aromatic carbocycles. The predicted octanol–water partition coefficient (Wildman–Crippen LogP) is 1.80. The Morgan fingerprint density at radius 3 is 2.83 bits per heavy atom. The molecule has 0 spiro atoms. The number of benzene rings is 1. The lowest BCUT2D eigenvalue weighted by Gasteiger charge is -2.33. The number of nitrogens with one attached hydrogen (secondary N) is 3. The Kier molecular flexibility index (Phi) is 5.89. The lowest BCUT2D eigenvalue weighted by Crippen LogP contribution is -2.54. The van der Waals surface area contributed by atoms with Gasteiger partial charge in [0.25, 0.3) is 5.91 Å². The van der Waals surface area contributed by atoms with Crippen LogP contribution < -0.4 is 20.1 Å². The first kappa shape index (κ1) is 22.5. The molecular weight excluding hydrogens is 435 g/mol. The van der Waals surface area contributed by atoms with Gasteiger partial charge in [-0.1, -0.05) is 0 Å². The average molecular weight is 459 g/mol. The number of amides is 1. The molecule has 3 heterocycles. The van der Waals surface area contributed by atoms with Crippen LogP contribution in [0.25, 0.3) is 0 Å². The van der Waals surface area contributed by atoms with Crippen molar-refractivity contribution in [3.63, 3.8) is 0 Å². The first-order valence-electron chi connectivity index (χ1n) is 9.25. The van der Waals surface area contributed by atoms with Crippen LogP contribution >= 0.6 is 12.4 Å². The molecule has 1 amide bonds. The summed E-state index contributed by atoms with van der Waals surface area (Å²) in [6.07, 6.45) is 1.37. The zero-order valence-corrected chi connectivity index (χ0v) is 18.4. The molecule has 8 nitrogen and oxygen atoms in total. The van der Waals surface area contributed by atoms with Gasteiger partial charge in [0.2, 0.25) is 10.0 Å². The molecule has 0 radical (unpaired) electrons. The molecular formula is C19H24ClFN4O4S. The maximum atomic E-state index is 13.5. The van der Waals surface area contributed by atoms with Crippen LogP contribution in [0.3, 0.4) is 0 Å². The number of carbonyl (C=O) groups excluding carboxylic acids is 1. The second-order valence-electron chi connectivity index (χ2n) is 7.86. The number of aromatic nitrogens is 1. The van der Waals surface area contributed by atoms with Crippen LogP contribution in [0.1, 0.15) is 23.0 Å². The molecule has 1 aromatic heterocycles. The van der Waals surface area contributed by atoms with Crippen molar-refractivity contribution >= 4 is 34.0 Å². The number of ether oxygens (including phenoxy) is 1. The van der Waals surface area contributed by atoms with Gasteiger partial charge in [0, 0.05) is 43.5 Å². The number of halogens is 2. The van der Waals surface area contributed by atoms with E-state index in [0.717, 1.165) is 0 Å². The van der Waals surface area contributed by atoms with Gasteiger partial charge in [-0.15, -0.1) is 12.4 Å². The van der Waals surface area contributed by atoms with Crippen LogP contribution in [0, 0.1) is 18.7 Å². The number of aryl methyl sites for hydroxylation is 2. The molecule has 4 rings (SSSR count). The predicted molar refractivity (Wildman–Crippen MR) is 112 cm³/mol. The van der Waals surface area contributed by atoms with Crippen LogP contribution in [0.2, 0.25) is 0 Å². The zero-order chi connectivity index (χ0) is 21.0. The summed E-state index contributed by atoms with van der Waals surface area (Å²) in [5.41, 5.74) is 0.214. The number of hydrogen-bond donors (Lipinski definition) is 3. The number of sulfonamides is 1. The highest BCUT2D eigenvalue weighted by molar-refractivity contribution is 7.89. The number of carbonyl (C=O) groups is 1. The molecule has 2 aromatic rings. The van der Waals surface area contributed by atoms with Crippen LogP contribution in [0.5, 0.6) is 5.75 Å². The van der Waals surface area contributed by atoms with Crippen molar-refractivity contribution in [2.75, 3.05) is 25.0 Å². The number of anilines is 1. The topological polar surface area (TPSA) is 101 Å². The van der Waals surface area contributed by atoms with Crippen LogP contribution in [0.4, 0.5) is 10.1 Å². The van der Waals surface area contributed by atoms with Crippen molar-refractivity contribution < 1.29 is 22.3 Å². The van der Waals surface area contributed by atoms with Gasteiger partial charge < -0.3 is 19.9 Å². The van der Waals surface area contributed by atoms with E-state index in [0.29, 0.717) is 24.3 Å². The third-order valence-corrected chi connectivity index (χ3v) is 7.21. The Balaban J connectivity index is 0.00000256. The van der Waals surface area contributed by atoms with E-state index in [1.54, 1.807) is 14.0 Å². The van der Waals surface area contributed by atoms with Gasteiger partial charge >= 0.3 is 0 Å². The minimum absolute atomic E-state index is 0. The Morgan fingerprint density at radius 2 is 2.13 bits per heavy atom. The molecule has 164 valence electrons. The summed E-state index contributed by atoms with van der Waals surface area (Å²) in [5, 5.41) is 5.87. The van der Waals surface area contributed by atoms with E-state index in [1.165, 1.54) is 29.0 Å². The summed E-state index contributed by atoms with van der Waals surface area (Å²) in [4.78, 5) is 12.9. The third kappa shape index (κ3) is 3.80. The molecule has 2 unspecified atom stereocenters. The fraction of sp³-hybridized carbons (Fsp3) is 0.421. The number of nitrogens with zero attached hydrogens (tertiary/aromatic N) is 1. The smallest absolute Gasteiger partial charge is 0.276 e. The first-order valence-corrected chi connectivity index (χ1v) is 10.7. The Morgan fingerprint density at radius 1 is 1.40 bits per heavy atom. The summed E-state index contributed by atoms with van der Waals surface area (Å²) in [7, 11) is -2.32. The lowest BCUT2D eigenvalue weighted by atomic mass is 9.91. The summed E-state index contributed by atoms with van der Waals surface area (Å²) >= 11 is 0. The quantitative estimate of drug-likeness (QED) is 0.637. The van der Waals surface area contributed by atoms with E-state index in [2.05, 4.69) is 15.4 Å². The maximum absolute atomic E-state index is 13.5. The molecule has 11 heteroatoms. The second kappa shape index (κ2) is 7.84. The van der Waals surface area contributed by atoms with E-state index < -0.39 is 21.5 Å². The van der Waals surface area contributed by atoms with E-state index in [9.17, 15) is 17.6 Å². The molecule has 2 aliphatic rings. The summed E-state index contributed by atoms with van der Waals surface area (Å²) in [5.74, 6) is -0.977. The number of hydrogen-bond acceptors (Lipinski definition) is 5. The Bertz CT molecular complexity index is 1100. The molecule has 2 aliphatic heterocycles. The summed E-state index contributed by atoms with van der Waals surface area (Å²) < 4.78 is 49.6. The average Bonchev–Trinajstić information content (AvgIpc) is 3.14. The number of rotatable bonds is 2. The van der Waals surface area contributed by atoms with Crippen molar-refractivity contribution in [2.24, 2.45) is 13.0 Å². The molecule has 2 atom stereocenters. The standard InChI is InChI=1S/C19H23FN4O4S.ClH/c1-11-6-13(4-5-14(11)20)22-18(25)16-17-15(8-24(16)3)29(26,27)23-19(2)10-21-7-12(19)9-28-17;/h4-6,8,12,21,23H,7,9-10H2,1-3H3,(H,22,25);1H. The second-order valence-corrected chi connectivity index (χ2v) is 9.51. The van der Waals surface area contributed by atoms with Crippen LogP contribution in [-0.4, -0.2) is 44.1 Å². The van der Waals surface area contributed by atoms with Gasteiger partial charge in [0.15, 0.2) is 11.4 Å². The van der Waals surface area contributed by atoms with Gasteiger partial charge in [-0.05, 0) is 37.6 Å². The monoisotopic (exact) mass is 458 g/mol. The van der Waals surface area contributed by atoms with Gasteiger partial charge in [-0.25, -0.2) is 17.5 Å². The van der Waals surface area contributed by atoms with E-state index in [1.807, 2.05) is 6.92 Å². The molecule has 0 saturated carbocycles. The van der Waals surface area contributed by atoms with Crippen molar-refractivity contribution in [3.05, 3.63) is 41.5 Å². The Hall–Kier alpha value is -2.14. The normalized spacial score (nSPS) is 24.5. The first-order chi connectivity index (χ1) is 13.6. The highest BCUT2D eigenvalue weighted by Crippen LogP contribution is 2.36. The minimum atomic E-state index is -3.90. The SMILES string of the molecule is Cc1cc(NC(=O)c2c3c(cn2C)S(=O)(=O)NC2(C)CNCC2CO3)ccc1F.Cl. The number of fused-ring (bicyclic) bond motifs is 2. The van der Waals surface area contributed by atoms with Crippen molar-refractivity contribution in [3.8, 4) is 5.75 Å². The van der Waals surface area contributed by atoms with E-state index in [4.69, 9.17) is 4.74 Å². The van der Waals surface area contributed by atoms with Crippen molar-refractivity contribution in [1.29, 1.82) is 0 Å². The fourth-order valence-electron chi connectivity index (χ4n) is 3.87. The van der Waals surface area contributed by atoms with Crippen LogP contribution in [-0.2, 0) is 17.1 Å². The highest BCUT2D eigenvalue weighted by atomic mass is 35.5.